The van der Waals surface area contributed by atoms with Gasteiger partial charge in [0, 0.05) is 6.54 Å². The molecule has 0 fully saturated rings. The SMILES string of the molecule is CCNC(=O)C(=O)N/N=C\c1ccc(OCc2cccc(F)c2)c(OCC)c1. The van der Waals surface area contributed by atoms with E-state index < -0.39 is 11.8 Å². The summed E-state index contributed by atoms with van der Waals surface area (Å²) in [7, 11) is 0. The first kappa shape index (κ1) is 20.9. The molecular weight excluding hydrogens is 365 g/mol. The Morgan fingerprint density at radius 3 is 2.61 bits per heavy atom. The lowest BCUT2D eigenvalue weighted by atomic mass is 10.2. The topological polar surface area (TPSA) is 89.0 Å². The number of carbonyl (C=O) groups is 2. The molecule has 0 aliphatic heterocycles. The van der Waals surface area contributed by atoms with Crippen LogP contribution in [0.4, 0.5) is 4.39 Å². The van der Waals surface area contributed by atoms with Gasteiger partial charge in [-0.15, -0.1) is 0 Å². The van der Waals surface area contributed by atoms with E-state index in [1.54, 1.807) is 37.3 Å². The van der Waals surface area contributed by atoms with Crippen LogP contribution in [0.1, 0.15) is 25.0 Å². The van der Waals surface area contributed by atoms with Crippen molar-refractivity contribution in [2.75, 3.05) is 13.2 Å². The van der Waals surface area contributed by atoms with E-state index in [1.165, 1.54) is 18.3 Å². The summed E-state index contributed by atoms with van der Waals surface area (Å²) < 4.78 is 24.6. The van der Waals surface area contributed by atoms with Gasteiger partial charge in [0.1, 0.15) is 12.4 Å². The maximum absolute atomic E-state index is 13.3. The summed E-state index contributed by atoms with van der Waals surface area (Å²) in [5, 5.41) is 6.13. The maximum atomic E-state index is 13.3. The smallest absolute Gasteiger partial charge is 0.329 e. The van der Waals surface area contributed by atoms with E-state index in [0.717, 1.165) is 0 Å². The third-order valence-corrected chi connectivity index (χ3v) is 3.47. The van der Waals surface area contributed by atoms with Crippen molar-refractivity contribution in [3.63, 3.8) is 0 Å². The number of likely N-dealkylation sites (N-methyl/N-ethyl adjacent to an activating group) is 1. The van der Waals surface area contributed by atoms with E-state index in [4.69, 9.17) is 9.47 Å². The van der Waals surface area contributed by atoms with Crippen molar-refractivity contribution in [1.29, 1.82) is 0 Å². The molecule has 8 heteroatoms. The Kier molecular flexibility index (Phi) is 7.95. The first-order chi connectivity index (χ1) is 13.5. The number of rotatable bonds is 8. The molecule has 2 amide bonds. The van der Waals surface area contributed by atoms with Gasteiger partial charge in [0.2, 0.25) is 0 Å². The van der Waals surface area contributed by atoms with Crippen LogP contribution in [0.2, 0.25) is 0 Å². The summed E-state index contributed by atoms with van der Waals surface area (Å²) in [6.45, 7) is 4.51. The lowest BCUT2D eigenvalue weighted by Gasteiger charge is -2.12. The fourth-order valence-electron chi connectivity index (χ4n) is 2.24. The average molecular weight is 387 g/mol. The normalized spacial score (nSPS) is 10.5. The largest absolute Gasteiger partial charge is 0.490 e. The fraction of sp³-hybridized carbons (Fsp3) is 0.250. The second-order valence-electron chi connectivity index (χ2n) is 5.62. The molecule has 7 nitrogen and oxygen atoms in total. The molecule has 0 aliphatic rings. The van der Waals surface area contributed by atoms with Gasteiger partial charge in [-0.2, -0.15) is 5.10 Å². The molecule has 0 saturated heterocycles. The Morgan fingerprint density at radius 1 is 1.07 bits per heavy atom. The van der Waals surface area contributed by atoms with E-state index in [9.17, 15) is 14.0 Å². The second-order valence-corrected chi connectivity index (χ2v) is 5.62. The highest BCUT2D eigenvalue weighted by atomic mass is 19.1. The van der Waals surface area contributed by atoms with Gasteiger partial charge in [-0.05, 0) is 55.3 Å². The molecule has 2 aromatic rings. The van der Waals surface area contributed by atoms with Gasteiger partial charge in [-0.1, -0.05) is 12.1 Å². The van der Waals surface area contributed by atoms with Crippen LogP contribution < -0.4 is 20.2 Å². The fourth-order valence-corrected chi connectivity index (χ4v) is 2.24. The molecule has 2 N–H and O–H groups in total. The standard InChI is InChI=1S/C20H22FN3O4/c1-3-22-19(25)20(26)24-23-12-14-8-9-17(18(11-14)27-4-2)28-13-15-6-5-7-16(21)10-15/h5-12H,3-4,13H2,1-2H3,(H,22,25)(H,24,26)/b23-12-. The van der Waals surface area contributed by atoms with Crippen LogP contribution in [0.25, 0.3) is 0 Å². The van der Waals surface area contributed by atoms with Crippen LogP contribution in [0.5, 0.6) is 11.5 Å². The number of amides is 2. The molecule has 0 saturated carbocycles. The average Bonchev–Trinajstić information content (AvgIpc) is 2.68. The molecule has 0 unspecified atom stereocenters. The van der Waals surface area contributed by atoms with Crippen molar-refractivity contribution < 1.29 is 23.5 Å². The van der Waals surface area contributed by atoms with Crippen LogP contribution in [0.15, 0.2) is 47.6 Å². The molecule has 0 spiro atoms. The van der Waals surface area contributed by atoms with E-state index in [-0.39, 0.29) is 12.4 Å². The second kappa shape index (κ2) is 10.7. The minimum Gasteiger partial charge on any atom is -0.490 e. The maximum Gasteiger partial charge on any atom is 0.329 e. The van der Waals surface area contributed by atoms with Gasteiger partial charge < -0.3 is 14.8 Å². The zero-order valence-electron chi connectivity index (χ0n) is 15.7. The summed E-state index contributed by atoms with van der Waals surface area (Å²) in [6, 6.07) is 11.2. The number of nitrogens with zero attached hydrogens (tertiary/aromatic N) is 1. The molecule has 0 heterocycles. The van der Waals surface area contributed by atoms with Crippen molar-refractivity contribution in [2.24, 2.45) is 5.10 Å². The first-order valence-corrected chi connectivity index (χ1v) is 8.78. The number of ether oxygens (including phenoxy) is 2. The van der Waals surface area contributed by atoms with Crippen molar-refractivity contribution in [1.82, 2.24) is 10.7 Å². The number of hydrogen-bond donors (Lipinski definition) is 2. The van der Waals surface area contributed by atoms with E-state index >= 15 is 0 Å². The molecule has 28 heavy (non-hydrogen) atoms. The van der Waals surface area contributed by atoms with Crippen LogP contribution >= 0.6 is 0 Å². The van der Waals surface area contributed by atoms with Gasteiger partial charge >= 0.3 is 11.8 Å². The number of nitrogens with one attached hydrogen (secondary N) is 2. The Labute approximate surface area is 162 Å². The number of halogens is 1. The molecule has 2 aromatic carbocycles. The third kappa shape index (κ3) is 6.39. The van der Waals surface area contributed by atoms with Gasteiger partial charge in [0.25, 0.3) is 0 Å². The number of carbonyl (C=O) groups excluding carboxylic acids is 2. The number of hydrogen-bond acceptors (Lipinski definition) is 5. The first-order valence-electron chi connectivity index (χ1n) is 8.78. The lowest BCUT2D eigenvalue weighted by Crippen LogP contribution is -2.37. The number of hydrazone groups is 1. The third-order valence-electron chi connectivity index (χ3n) is 3.47. The van der Waals surface area contributed by atoms with Crippen molar-refractivity contribution in [2.45, 2.75) is 20.5 Å². The van der Waals surface area contributed by atoms with Crippen molar-refractivity contribution in [3.05, 3.63) is 59.4 Å². The molecule has 0 aromatic heterocycles. The molecule has 0 aliphatic carbocycles. The highest BCUT2D eigenvalue weighted by molar-refractivity contribution is 6.35. The van der Waals surface area contributed by atoms with Gasteiger partial charge in [-0.3, -0.25) is 9.59 Å². The Balaban J connectivity index is 2.03. The zero-order chi connectivity index (χ0) is 20.4. The Bertz CT molecular complexity index is 855. The minimum absolute atomic E-state index is 0.188. The van der Waals surface area contributed by atoms with E-state index in [1.807, 2.05) is 6.92 Å². The van der Waals surface area contributed by atoms with Crippen LogP contribution in [-0.4, -0.2) is 31.2 Å². The quantitative estimate of drug-likeness (QED) is 0.414. The summed E-state index contributed by atoms with van der Waals surface area (Å²) in [5.41, 5.74) is 3.48. The summed E-state index contributed by atoms with van der Waals surface area (Å²) in [6.07, 6.45) is 1.38. The Morgan fingerprint density at radius 2 is 1.89 bits per heavy atom. The summed E-state index contributed by atoms with van der Waals surface area (Å²) >= 11 is 0. The predicted molar refractivity (Wildman–Crippen MR) is 103 cm³/mol. The van der Waals surface area contributed by atoms with Crippen LogP contribution in [0.3, 0.4) is 0 Å². The van der Waals surface area contributed by atoms with Gasteiger partial charge in [0.05, 0.1) is 12.8 Å². The molecule has 0 atom stereocenters. The monoisotopic (exact) mass is 387 g/mol. The van der Waals surface area contributed by atoms with Crippen molar-refractivity contribution >= 4 is 18.0 Å². The molecule has 148 valence electrons. The molecule has 0 bridgehead atoms. The minimum atomic E-state index is -0.849. The van der Waals surface area contributed by atoms with E-state index in [2.05, 4.69) is 15.8 Å². The van der Waals surface area contributed by atoms with E-state index in [0.29, 0.717) is 35.8 Å². The number of benzene rings is 2. The molecule has 2 rings (SSSR count). The summed E-state index contributed by atoms with van der Waals surface area (Å²) in [5.74, 6) is -0.950. The Hall–Kier alpha value is -3.42. The van der Waals surface area contributed by atoms with Crippen LogP contribution in [-0.2, 0) is 16.2 Å². The predicted octanol–water partition coefficient (Wildman–Crippen LogP) is 2.39. The summed E-state index contributed by atoms with van der Waals surface area (Å²) in [4.78, 5) is 22.8. The highest BCUT2D eigenvalue weighted by Gasteiger charge is 2.10. The highest BCUT2D eigenvalue weighted by Crippen LogP contribution is 2.29. The zero-order valence-corrected chi connectivity index (χ0v) is 15.7. The van der Waals surface area contributed by atoms with Crippen LogP contribution in [0, 0.1) is 5.82 Å². The molecular formula is C20H22FN3O4. The van der Waals surface area contributed by atoms with Gasteiger partial charge in [0.15, 0.2) is 11.5 Å². The van der Waals surface area contributed by atoms with Gasteiger partial charge in [-0.25, -0.2) is 9.82 Å². The van der Waals surface area contributed by atoms with Crippen molar-refractivity contribution in [3.8, 4) is 11.5 Å². The molecule has 0 radical (unpaired) electrons. The lowest BCUT2D eigenvalue weighted by molar-refractivity contribution is -0.139.